The molecule has 0 saturated carbocycles. The van der Waals surface area contributed by atoms with Crippen molar-refractivity contribution in [1.82, 2.24) is 20.5 Å². The summed E-state index contributed by atoms with van der Waals surface area (Å²) in [5, 5.41) is 5.67. The van der Waals surface area contributed by atoms with Crippen LogP contribution in [0.5, 0.6) is 0 Å². The van der Waals surface area contributed by atoms with Crippen molar-refractivity contribution in [2.24, 2.45) is 5.92 Å². The van der Waals surface area contributed by atoms with Crippen molar-refractivity contribution >= 4 is 23.5 Å². The number of anilines is 1. The zero-order valence-corrected chi connectivity index (χ0v) is 16.0. The predicted octanol–water partition coefficient (Wildman–Crippen LogP) is 0.250. The van der Waals surface area contributed by atoms with Crippen molar-refractivity contribution in [2.45, 2.75) is 31.6 Å². The Hall–Kier alpha value is -2.48. The van der Waals surface area contributed by atoms with Gasteiger partial charge in [0, 0.05) is 57.8 Å². The number of aromatic nitrogens is 1. The minimum atomic E-state index is -0.304. The molecule has 3 aliphatic rings. The molecule has 3 fully saturated rings. The highest BCUT2D eigenvalue weighted by Crippen LogP contribution is 2.27. The molecule has 0 bridgehead atoms. The molecule has 28 heavy (non-hydrogen) atoms. The minimum absolute atomic E-state index is 0.108. The fraction of sp³-hybridized carbons (Fsp3) is 0.600. The van der Waals surface area contributed by atoms with Crippen LogP contribution in [0, 0.1) is 5.92 Å². The highest BCUT2D eigenvalue weighted by molar-refractivity contribution is 6.00. The summed E-state index contributed by atoms with van der Waals surface area (Å²) < 4.78 is 0. The van der Waals surface area contributed by atoms with Crippen LogP contribution in [-0.4, -0.2) is 66.9 Å². The summed E-state index contributed by atoms with van der Waals surface area (Å²) >= 11 is 0. The first-order valence-electron chi connectivity index (χ1n) is 10.2. The second-order valence-electron chi connectivity index (χ2n) is 7.79. The molecule has 0 aliphatic carbocycles. The average molecular weight is 385 g/mol. The largest absolute Gasteiger partial charge is 0.357 e. The molecule has 0 spiro atoms. The Balaban J connectivity index is 1.33. The van der Waals surface area contributed by atoms with Crippen molar-refractivity contribution < 1.29 is 14.4 Å². The summed E-state index contributed by atoms with van der Waals surface area (Å²) in [6.45, 7) is 5.01. The van der Waals surface area contributed by atoms with E-state index in [-0.39, 0.29) is 23.7 Å². The maximum Gasteiger partial charge on any atom is 0.234 e. The van der Waals surface area contributed by atoms with Crippen LogP contribution in [-0.2, 0) is 14.4 Å². The molecule has 2 N–H and O–H groups in total. The van der Waals surface area contributed by atoms with E-state index in [1.807, 2.05) is 17.0 Å². The first kappa shape index (κ1) is 18.9. The van der Waals surface area contributed by atoms with Gasteiger partial charge in [0.15, 0.2) is 0 Å². The van der Waals surface area contributed by atoms with Gasteiger partial charge in [0.05, 0.1) is 5.92 Å². The number of carbonyl (C=O) groups is 3. The highest BCUT2D eigenvalue weighted by Gasteiger charge is 2.30. The monoisotopic (exact) mass is 385 g/mol. The van der Waals surface area contributed by atoms with E-state index in [0.717, 1.165) is 63.5 Å². The Morgan fingerprint density at radius 1 is 1.04 bits per heavy atom. The molecule has 150 valence electrons. The molecule has 0 aromatic carbocycles. The van der Waals surface area contributed by atoms with Crippen molar-refractivity contribution in [2.75, 3.05) is 44.2 Å². The van der Waals surface area contributed by atoms with Gasteiger partial charge in [-0.1, -0.05) is 6.07 Å². The predicted molar refractivity (Wildman–Crippen MR) is 104 cm³/mol. The zero-order chi connectivity index (χ0) is 19.5. The van der Waals surface area contributed by atoms with Gasteiger partial charge in [-0.2, -0.15) is 0 Å². The Kier molecular flexibility index (Phi) is 5.57. The number of piperazine rings is 1. The van der Waals surface area contributed by atoms with E-state index >= 15 is 0 Å². The molecule has 1 atom stereocenters. The van der Waals surface area contributed by atoms with Crippen molar-refractivity contribution in [3.8, 4) is 0 Å². The summed E-state index contributed by atoms with van der Waals surface area (Å²) in [7, 11) is 0. The van der Waals surface area contributed by atoms with Crippen molar-refractivity contribution in [3.63, 3.8) is 0 Å². The third kappa shape index (κ3) is 4.01. The first-order valence-corrected chi connectivity index (χ1v) is 10.2. The summed E-state index contributed by atoms with van der Waals surface area (Å²) in [6, 6.07) is 3.87. The van der Waals surface area contributed by atoms with Crippen LogP contribution in [0.15, 0.2) is 18.3 Å². The molecule has 3 aliphatic heterocycles. The van der Waals surface area contributed by atoms with Crippen LogP contribution in [0.4, 0.5) is 5.82 Å². The summed E-state index contributed by atoms with van der Waals surface area (Å²) in [6.07, 6.45) is 4.34. The number of hydrogen-bond acceptors (Lipinski definition) is 6. The Morgan fingerprint density at radius 2 is 1.79 bits per heavy atom. The SMILES string of the molecule is O=C1CCC(c2ccc(N3CCC(C(=O)N4CCNCC4)CC3)nc2)C(=O)N1. The normalized spacial score (nSPS) is 24.2. The summed E-state index contributed by atoms with van der Waals surface area (Å²) in [5.74, 6) is 0.535. The molecule has 3 saturated heterocycles. The Labute approximate surface area is 164 Å². The van der Waals surface area contributed by atoms with Gasteiger partial charge in [-0.25, -0.2) is 4.98 Å². The van der Waals surface area contributed by atoms with Crippen molar-refractivity contribution in [3.05, 3.63) is 23.9 Å². The lowest BCUT2D eigenvalue weighted by molar-refractivity contribution is -0.137. The molecule has 4 rings (SSSR count). The zero-order valence-electron chi connectivity index (χ0n) is 16.0. The molecule has 0 radical (unpaired) electrons. The van der Waals surface area contributed by atoms with E-state index in [1.54, 1.807) is 6.20 Å². The van der Waals surface area contributed by atoms with E-state index in [1.165, 1.54) is 0 Å². The molecule has 1 aromatic rings. The third-order valence-electron chi connectivity index (χ3n) is 6.01. The second kappa shape index (κ2) is 8.26. The Morgan fingerprint density at radius 3 is 2.43 bits per heavy atom. The molecular weight excluding hydrogens is 358 g/mol. The molecule has 8 nitrogen and oxygen atoms in total. The first-order chi connectivity index (χ1) is 13.6. The fourth-order valence-corrected chi connectivity index (χ4v) is 4.30. The number of hydrogen-bond donors (Lipinski definition) is 2. The maximum absolute atomic E-state index is 12.7. The highest BCUT2D eigenvalue weighted by atomic mass is 16.2. The number of piperidine rings is 2. The van der Waals surface area contributed by atoms with Crippen molar-refractivity contribution in [1.29, 1.82) is 0 Å². The quantitative estimate of drug-likeness (QED) is 0.725. The average Bonchev–Trinajstić information content (AvgIpc) is 2.74. The van der Waals surface area contributed by atoms with E-state index in [9.17, 15) is 14.4 Å². The molecule has 3 amide bonds. The lowest BCUT2D eigenvalue weighted by atomic mass is 9.91. The number of pyridine rings is 1. The Bertz CT molecular complexity index is 737. The van der Waals surface area contributed by atoms with E-state index in [4.69, 9.17) is 0 Å². The maximum atomic E-state index is 12.7. The second-order valence-corrected chi connectivity index (χ2v) is 7.79. The number of nitrogens with zero attached hydrogens (tertiary/aromatic N) is 3. The van der Waals surface area contributed by atoms with Gasteiger partial charge in [-0.3, -0.25) is 19.7 Å². The smallest absolute Gasteiger partial charge is 0.234 e. The third-order valence-corrected chi connectivity index (χ3v) is 6.01. The molecule has 4 heterocycles. The summed E-state index contributed by atoms with van der Waals surface area (Å²) in [4.78, 5) is 44.7. The van der Waals surface area contributed by atoms with Gasteiger partial charge in [0.2, 0.25) is 17.7 Å². The van der Waals surface area contributed by atoms with Gasteiger partial charge >= 0.3 is 0 Å². The molecule has 1 unspecified atom stereocenters. The van der Waals surface area contributed by atoms with E-state index in [0.29, 0.717) is 18.7 Å². The van der Waals surface area contributed by atoms with E-state index < -0.39 is 0 Å². The number of amides is 3. The van der Waals surface area contributed by atoms with Crippen LogP contribution in [0.2, 0.25) is 0 Å². The van der Waals surface area contributed by atoms with Gasteiger partial charge in [0.25, 0.3) is 0 Å². The van der Waals surface area contributed by atoms with Gasteiger partial charge in [0.1, 0.15) is 5.82 Å². The standard InChI is InChI=1S/C20H27N5O3/c26-18-4-2-16(19(27)23-18)15-1-3-17(22-13-15)24-9-5-14(6-10-24)20(28)25-11-7-21-8-12-25/h1,3,13-14,16,21H,2,4-12H2,(H,23,26,27). The molecule has 8 heteroatoms. The molecular formula is C20H27N5O3. The van der Waals surface area contributed by atoms with Crippen LogP contribution < -0.4 is 15.5 Å². The van der Waals surface area contributed by atoms with Crippen LogP contribution in [0.3, 0.4) is 0 Å². The lowest BCUT2D eigenvalue weighted by Gasteiger charge is -2.36. The number of rotatable bonds is 3. The summed E-state index contributed by atoms with van der Waals surface area (Å²) in [5.41, 5.74) is 0.845. The van der Waals surface area contributed by atoms with Crippen LogP contribution in [0.25, 0.3) is 0 Å². The van der Waals surface area contributed by atoms with Crippen LogP contribution >= 0.6 is 0 Å². The number of carbonyl (C=O) groups excluding carboxylic acids is 3. The fourth-order valence-electron chi connectivity index (χ4n) is 4.30. The minimum Gasteiger partial charge on any atom is -0.357 e. The van der Waals surface area contributed by atoms with E-state index in [2.05, 4.69) is 20.5 Å². The molecule has 1 aromatic heterocycles. The lowest BCUT2D eigenvalue weighted by Crippen LogP contribution is -2.50. The number of imide groups is 1. The van der Waals surface area contributed by atoms with Gasteiger partial charge in [-0.05, 0) is 30.9 Å². The number of nitrogens with one attached hydrogen (secondary N) is 2. The topological polar surface area (TPSA) is 94.6 Å². The van der Waals surface area contributed by atoms with Gasteiger partial charge in [-0.15, -0.1) is 0 Å². The van der Waals surface area contributed by atoms with Crippen LogP contribution in [0.1, 0.15) is 37.2 Å². The van der Waals surface area contributed by atoms with Gasteiger partial charge < -0.3 is 15.1 Å².